The van der Waals surface area contributed by atoms with Crippen LogP contribution in [0.25, 0.3) is 0 Å². The minimum absolute atomic E-state index is 0.00121. The van der Waals surface area contributed by atoms with Crippen molar-refractivity contribution < 1.29 is 19.8 Å². The number of aliphatic hydroxyl groups excluding tert-OH is 1. The van der Waals surface area contributed by atoms with Gasteiger partial charge in [-0.3, -0.25) is 0 Å². The summed E-state index contributed by atoms with van der Waals surface area (Å²) >= 11 is 0. The van der Waals surface area contributed by atoms with Gasteiger partial charge >= 0.3 is 12.0 Å². The molecule has 120 valence electrons. The topological polar surface area (TPSA) is 81.1 Å². The summed E-state index contributed by atoms with van der Waals surface area (Å²) in [7, 11) is 0. The Morgan fingerprint density at radius 1 is 1.14 bits per heavy atom. The maximum Gasteiger partial charge on any atom is 0.326 e. The number of rotatable bonds is 4. The lowest BCUT2D eigenvalue weighted by Gasteiger charge is -2.40. The molecular formula is C15H26N2O4. The van der Waals surface area contributed by atoms with Crippen LogP contribution in [0.2, 0.25) is 0 Å². The van der Waals surface area contributed by atoms with E-state index in [-0.39, 0.29) is 24.6 Å². The largest absolute Gasteiger partial charge is 0.480 e. The van der Waals surface area contributed by atoms with Gasteiger partial charge in [-0.05, 0) is 44.4 Å². The molecule has 2 heterocycles. The van der Waals surface area contributed by atoms with Crippen molar-refractivity contribution in [3.8, 4) is 0 Å². The Bertz CT molecular complexity index is 388. The third kappa shape index (κ3) is 3.48. The predicted molar refractivity (Wildman–Crippen MR) is 78.0 cm³/mol. The Kier molecular flexibility index (Phi) is 5.45. The SMILES string of the molecule is CC1CCCN(C(=O)N2CCCC2CCCO)C1C(=O)O. The first-order valence-corrected chi connectivity index (χ1v) is 7.97. The van der Waals surface area contributed by atoms with E-state index in [1.165, 1.54) is 0 Å². The van der Waals surface area contributed by atoms with Crippen molar-refractivity contribution in [2.45, 2.75) is 57.5 Å². The zero-order valence-electron chi connectivity index (χ0n) is 12.7. The van der Waals surface area contributed by atoms with E-state index in [2.05, 4.69) is 0 Å². The number of amides is 2. The highest BCUT2D eigenvalue weighted by Crippen LogP contribution is 2.28. The molecule has 0 aliphatic carbocycles. The van der Waals surface area contributed by atoms with Gasteiger partial charge in [0.15, 0.2) is 0 Å². The molecule has 0 spiro atoms. The van der Waals surface area contributed by atoms with E-state index in [4.69, 9.17) is 5.11 Å². The fraction of sp³-hybridized carbons (Fsp3) is 0.867. The average Bonchev–Trinajstić information content (AvgIpc) is 2.91. The van der Waals surface area contributed by atoms with Crippen molar-refractivity contribution in [1.82, 2.24) is 9.80 Å². The summed E-state index contributed by atoms with van der Waals surface area (Å²) in [6.07, 6.45) is 5.12. The van der Waals surface area contributed by atoms with Crippen LogP contribution in [0.4, 0.5) is 4.79 Å². The standard InChI is InChI=1S/C15H26N2O4/c1-11-5-2-9-17(13(11)14(19)20)15(21)16-8-3-6-12(16)7-4-10-18/h11-13,18H,2-10H2,1H3,(H,19,20). The fourth-order valence-electron chi connectivity index (χ4n) is 3.66. The van der Waals surface area contributed by atoms with Crippen molar-refractivity contribution in [2.24, 2.45) is 5.92 Å². The number of carboxylic acids is 1. The van der Waals surface area contributed by atoms with Gasteiger partial charge in [-0.1, -0.05) is 6.92 Å². The van der Waals surface area contributed by atoms with Gasteiger partial charge in [0.05, 0.1) is 0 Å². The van der Waals surface area contributed by atoms with Crippen LogP contribution in [0.3, 0.4) is 0 Å². The Balaban J connectivity index is 2.07. The van der Waals surface area contributed by atoms with Gasteiger partial charge in [-0.15, -0.1) is 0 Å². The Morgan fingerprint density at radius 2 is 1.81 bits per heavy atom. The number of aliphatic carboxylic acids is 1. The number of nitrogens with zero attached hydrogens (tertiary/aromatic N) is 2. The lowest BCUT2D eigenvalue weighted by atomic mass is 9.91. The molecule has 2 aliphatic rings. The summed E-state index contributed by atoms with van der Waals surface area (Å²) in [6.45, 7) is 3.28. The van der Waals surface area contributed by atoms with Gasteiger partial charge in [0.1, 0.15) is 6.04 Å². The smallest absolute Gasteiger partial charge is 0.326 e. The summed E-state index contributed by atoms with van der Waals surface area (Å²) < 4.78 is 0. The van der Waals surface area contributed by atoms with Gasteiger partial charge < -0.3 is 20.0 Å². The minimum Gasteiger partial charge on any atom is -0.480 e. The number of carbonyl (C=O) groups is 2. The van der Waals surface area contributed by atoms with Gasteiger partial charge in [0.25, 0.3) is 0 Å². The van der Waals surface area contributed by atoms with Crippen LogP contribution in [-0.2, 0) is 4.79 Å². The molecule has 0 aromatic heterocycles. The van der Waals surface area contributed by atoms with Crippen molar-refractivity contribution in [2.75, 3.05) is 19.7 Å². The molecule has 2 N–H and O–H groups in total. The fourth-order valence-corrected chi connectivity index (χ4v) is 3.66. The second-order valence-electron chi connectivity index (χ2n) is 6.23. The van der Waals surface area contributed by atoms with Crippen LogP contribution in [0, 0.1) is 5.92 Å². The summed E-state index contributed by atoms with van der Waals surface area (Å²) in [5.74, 6) is -0.902. The van der Waals surface area contributed by atoms with Crippen molar-refractivity contribution in [3.63, 3.8) is 0 Å². The van der Waals surface area contributed by atoms with Crippen LogP contribution in [0.1, 0.15) is 45.4 Å². The molecule has 2 aliphatic heterocycles. The summed E-state index contributed by atoms with van der Waals surface area (Å²) in [6, 6.07) is -0.684. The molecule has 2 rings (SSSR count). The summed E-state index contributed by atoms with van der Waals surface area (Å²) in [5, 5.41) is 18.4. The lowest BCUT2D eigenvalue weighted by molar-refractivity contribution is -0.145. The first-order chi connectivity index (χ1) is 10.1. The molecule has 0 radical (unpaired) electrons. The highest BCUT2D eigenvalue weighted by molar-refractivity contribution is 5.83. The quantitative estimate of drug-likeness (QED) is 0.824. The van der Waals surface area contributed by atoms with E-state index in [1.807, 2.05) is 11.8 Å². The van der Waals surface area contributed by atoms with E-state index >= 15 is 0 Å². The van der Waals surface area contributed by atoms with Crippen LogP contribution in [-0.4, -0.2) is 63.8 Å². The van der Waals surface area contributed by atoms with E-state index in [0.29, 0.717) is 19.5 Å². The molecule has 0 saturated carbocycles. The molecule has 0 bridgehead atoms. The Hall–Kier alpha value is -1.30. The van der Waals surface area contributed by atoms with E-state index < -0.39 is 12.0 Å². The third-order valence-corrected chi connectivity index (χ3v) is 4.75. The van der Waals surface area contributed by atoms with Gasteiger partial charge in [-0.2, -0.15) is 0 Å². The van der Waals surface area contributed by atoms with Crippen LogP contribution >= 0.6 is 0 Å². The molecule has 21 heavy (non-hydrogen) atoms. The maximum atomic E-state index is 12.8. The molecule has 6 heteroatoms. The first kappa shape index (κ1) is 16.1. The number of hydrogen-bond donors (Lipinski definition) is 2. The molecule has 6 nitrogen and oxygen atoms in total. The number of hydrogen-bond acceptors (Lipinski definition) is 3. The van der Waals surface area contributed by atoms with E-state index in [9.17, 15) is 14.7 Å². The van der Waals surface area contributed by atoms with E-state index in [1.54, 1.807) is 4.90 Å². The number of urea groups is 1. The van der Waals surface area contributed by atoms with Crippen LogP contribution < -0.4 is 0 Å². The average molecular weight is 298 g/mol. The lowest BCUT2D eigenvalue weighted by Crippen LogP contribution is -2.56. The number of likely N-dealkylation sites (tertiary alicyclic amines) is 2. The second kappa shape index (κ2) is 7.11. The Morgan fingerprint density at radius 3 is 2.48 bits per heavy atom. The third-order valence-electron chi connectivity index (χ3n) is 4.75. The summed E-state index contributed by atoms with van der Waals surface area (Å²) in [4.78, 5) is 27.6. The van der Waals surface area contributed by atoms with Crippen LogP contribution in [0.5, 0.6) is 0 Å². The minimum atomic E-state index is -0.901. The Labute approximate surface area is 125 Å². The summed E-state index contributed by atoms with van der Waals surface area (Å²) in [5.41, 5.74) is 0. The predicted octanol–water partition coefficient (Wildman–Crippen LogP) is 1.53. The molecule has 0 aromatic rings. The number of carbonyl (C=O) groups excluding carboxylic acids is 1. The number of carboxylic acid groups (broad SMARTS) is 1. The molecule has 0 aromatic carbocycles. The molecule has 2 amide bonds. The van der Waals surface area contributed by atoms with Crippen LogP contribution in [0.15, 0.2) is 0 Å². The monoisotopic (exact) mass is 298 g/mol. The normalized spacial score (nSPS) is 29.7. The van der Waals surface area contributed by atoms with Gasteiger partial charge in [0.2, 0.25) is 0 Å². The van der Waals surface area contributed by atoms with Crippen molar-refractivity contribution >= 4 is 12.0 Å². The number of piperidine rings is 1. The van der Waals surface area contributed by atoms with Crippen molar-refractivity contribution in [3.05, 3.63) is 0 Å². The number of aliphatic hydroxyl groups is 1. The van der Waals surface area contributed by atoms with E-state index in [0.717, 1.165) is 32.1 Å². The first-order valence-electron chi connectivity index (χ1n) is 7.97. The highest BCUT2D eigenvalue weighted by Gasteiger charge is 2.41. The van der Waals surface area contributed by atoms with Gasteiger partial charge in [-0.25, -0.2) is 9.59 Å². The molecule has 3 unspecified atom stereocenters. The zero-order valence-corrected chi connectivity index (χ0v) is 12.7. The van der Waals surface area contributed by atoms with Gasteiger partial charge in [0, 0.05) is 25.7 Å². The second-order valence-corrected chi connectivity index (χ2v) is 6.23. The highest BCUT2D eigenvalue weighted by atomic mass is 16.4. The molecule has 2 saturated heterocycles. The van der Waals surface area contributed by atoms with Crippen molar-refractivity contribution in [1.29, 1.82) is 0 Å². The molecular weight excluding hydrogens is 272 g/mol. The zero-order chi connectivity index (χ0) is 15.4. The molecule has 3 atom stereocenters. The maximum absolute atomic E-state index is 12.8. The molecule has 2 fully saturated rings.